The lowest BCUT2D eigenvalue weighted by Gasteiger charge is -2.05. The van der Waals surface area contributed by atoms with Gasteiger partial charge in [0, 0.05) is 16.3 Å². The van der Waals surface area contributed by atoms with Gasteiger partial charge < -0.3 is 5.32 Å². The smallest absolute Gasteiger partial charge is 0.251 e. The molecule has 0 bridgehead atoms. The van der Waals surface area contributed by atoms with Crippen molar-refractivity contribution in [2.75, 3.05) is 5.32 Å². The van der Waals surface area contributed by atoms with Crippen molar-refractivity contribution in [1.29, 1.82) is 0 Å². The minimum atomic E-state index is -0.134. The summed E-state index contributed by atoms with van der Waals surface area (Å²) >= 11 is 5.74. The number of hydrogen-bond acceptors (Lipinski definition) is 1. The fourth-order valence-electron chi connectivity index (χ4n) is 1.20. The van der Waals surface area contributed by atoms with Crippen LogP contribution < -0.4 is 5.32 Å². The molecular weight excluding hydrogens is 222 g/mol. The third-order valence-electron chi connectivity index (χ3n) is 1.92. The molecule has 1 aromatic rings. The predicted octanol–water partition coefficient (Wildman–Crippen LogP) is 3.80. The molecule has 0 saturated heterocycles. The average molecular weight is 236 g/mol. The Balaban J connectivity index is 2.71. The van der Waals surface area contributed by atoms with E-state index in [1.807, 2.05) is 6.92 Å². The Morgan fingerprint density at radius 1 is 1.31 bits per heavy atom. The van der Waals surface area contributed by atoms with Crippen LogP contribution in [0.15, 0.2) is 48.1 Å². The minimum Gasteiger partial charge on any atom is -0.322 e. The number of carbonyl (C=O) groups is 1. The van der Waals surface area contributed by atoms with Crippen LogP contribution in [0.3, 0.4) is 0 Å². The van der Waals surface area contributed by atoms with Gasteiger partial charge in [-0.3, -0.25) is 4.79 Å². The summed E-state index contributed by atoms with van der Waals surface area (Å²) in [5.74, 6) is -0.134. The minimum absolute atomic E-state index is 0.134. The van der Waals surface area contributed by atoms with Gasteiger partial charge in [-0.25, -0.2) is 0 Å². The number of nitrogens with one attached hydrogen (secondary N) is 1. The van der Waals surface area contributed by atoms with E-state index >= 15 is 0 Å². The van der Waals surface area contributed by atoms with Crippen LogP contribution in [0.2, 0.25) is 5.02 Å². The lowest BCUT2D eigenvalue weighted by Crippen LogP contribution is -2.12. The summed E-state index contributed by atoms with van der Waals surface area (Å²) in [6.07, 6.45) is 1.74. The van der Waals surface area contributed by atoms with E-state index in [0.29, 0.717) is 10.6 Å². The first-order valence-corrected chi connectivity index (χ1v) is 5.27. The lowest BCUT2D eigenvalue weighted by atomic mass is 10.2. The van der Waals surface area contributed by atoms with Crippen LogP contribution in [-0.2, 0) is 4.79 Å². The van der Waals surface area contributed by atoms with E-state index in [0.717, 1.165) is 11.3 Å². The van der Waals surface area contributed by atoms with E-state index in [4.69, 9.17) is 11.6 Å². The molecule has 0 fully saturated rings. The molecule has 0 aromatic heterocycles. The summed E-state index contributed by atoms with van der Waals surface area (Å²) in [6, 6.07) is 6.98. The number of benzene rings is 1. The van der Waals surface area contributed by atoms with Gasteiger partial charge in [-0.2, -0.15) is 0 Å². The highest BCUT2D eigenvalue weighted by atomic mass is 35.5. The van der Waals surface area contributed by atoms with Crippen LogP contribution in [0, 0.1) is 0 Å². The number of amides is 1. The molecule has 0 atom stereocenters. The highest BCUT2D eigenvalue weighted by molar-refractivity contribution is 6.30. The Kier molecular flexibility index (Phi) is 4.32. The molecule has 84 valence electrons. The lowest BCUT2D eigenvalue weighted by molar-refractivity contribution is -0.112. The number of allylic oxidation sites excluding steroid dienone is 2. The summed E-state index contributed by atoms with van der Waals surface area (Å²) in [5.41, 5.74) is 2.20. The average Bonchev–Trinajstić information content (AvgIpc) is 2.20. The van der Waals surface area contributed by atoms with Crippen LogP contribution >= 0.6 is 11.6 Å². The van der Waals surface area contributed by atoms with E-state index in [-0.39, 0.29) is 5.91 Å². The SMILES string of the molecule is C=C(C)/C=C(\C)C(=O)Nc1ccc(Cl)cc1. The van der Waals surface area contributed by atoms with Gasteiger partial charge >= 0.3 is 0 Å². The van der Waals surface area contributed by atoms with Gasteiger partial charge in [0.25, 0.3) is 5.91 Å². The molecule has 0 aliphatic heterocycles. The molecule has 1 amide bonds. The van der Waals surface area contributed by atoms with Crippen molar-refractivity contribution >= 4 is 23.2 Å². The monoisotopic (exact) mass is 235 g/mol. The first-order chi connectivity index (χ1) is 7.49. The zero-order chi connectivity index (χ0) is 12.1. The van der Waals surface area contributed by atoms with E-state index in [9.17, 15) is 4.79 Å². The molecule has 1 N–H and O–H groups in total. The second-order valence-electron chi connectivity index (χ2n) is 3.63. The fourth-order valence-corrected chi connectivity index (χ4v) is 1.32. The molecule has 16 heavy (non-hydrogen) atoms. The molecular formula is C13H14ClNO. The zero-order valence-electron chi connectivity index (χ0n) is 9.38. The first kappa shape index (κ1) is 12.5. The Morgan fingerprint density at radius 3 is 2.38 bits per heavy atom. The van der Waals surface area contributed by atoms with Gasteiger partial charge in [-0.15, -0.1) is 0 Å². The molecule has 1 aromatic carbocycles. The van der Waals surface area contributed by atoms with Crippen LogP contribution in [0.4, 0.5) is 5.69 Å². The molecule has 3 heteroatoms. The summed E-state index contributed by atoms with van der Waals surface area (Å²) in [7, 11) is 0. The molecule has 2 nitrogen and oxygen atoms in total. The predicted molar refractivity (Wildman–Crippen MR) is 68.7 cm³/mol. The molecule has 0 radical (unpaired) electrons. The number of rotatable bonds is 3. The van der Waals surface area contributed by atoms with Crippen molar-refractivity contribution in [3.63, 3.8) is 0 Å². The maximum absolute atomic E-state index is 11.7. The maximum Gasteiger partial charge on any atom is 0.251 e. The van der Waals surface area contributed by atoms with Gasteiger partial charge in [0.2, 0.25) is 0 Å². The van der Waals surface area contributed by atoms with Gasteiger partial charge in [-0.05, 0) is 38.1 Å². The van der Waals surface area contributed by atoms with Gasteiger partial charge in [0.15, 0.2) is 0 Å². The van der Waals surface area contributed by atoms with Crippen LogP contribution in [-0.4, -0.2) is 5.91 Å². The van der Waals surface area contributed by atoms with E-state index in [2.05, 4.69) is 11.9 Å². The quantitative estimate of drug-likeness (QED) is 0.627. The van der Waals surface area contributed by atoms with E-state index < -0.39 is 0 Å². The van der Waals surface area contributed by atoms with Crippen molar-refractivity contribution < 1.29 is 4.79 Å². The summed E-state index contributed by atoms with van der Waals surface area (Å²) in [4.78, 5) is 11.7. The third kappa shape index (κ3) is 3.91. The van der Waals surface area contributed by atoms with Gasteiger partial charge in [0.05, 0.1) is 0 Å². The van der Waals surface area contributed by atoms with E-state index in [1.165, 1.54) is 0 Å². The number of anilines is 1. The molecule has 0 aliphatic rings. The second kappa shape index (κ2) is 5.52. The highest BCUT2D eigenvalue weighted by Crippen LogP contribution is 2.14. The first-order valence-electron chi connectivity index (χ1n) is 4.90. The summed E-state index contributed by atoms with van der Waals surface area (Å²) in [6.45, 7) is 7.32. The van der Waals surface area contributed by atoms with Crippen LogP contribution in [0.1, 0.15) is 13.8 Å². The maximum atomic E-state index is 11.7. The molecule has 0 saturated carbocycles. The summed E-state index contributed by atoms with van der Waals surface area (Å²) < 4.78 is 0. The molecule has 1 rings (SSSR count). The number of halogens is 1. The van der Waals surface area contributed by atoms with Crippen molar-refractivity contribution in [2.24, 2.45) is 0 Å². The molecule has 0 unspecified atom stereocenters. The van der Waals surface area contributed by atoms with Crippen molar-refractivity contribution in [3.8, 4) is 0 Å². The largest absolute Gasteiger partial charge is 0.322 e. The number of hydrogen-bond donors (Lipinski definition) is 1. The number of carbonyl (C=O) groups excluding carboxylic acids is 1. The van der Waals surface area contributed by atoms with E-state index in [1.54, 1.807) is 37.3 Å². The zero-order valence-corrected chi connectivity index (χ0v) is 10.1. The Labute approximate surface area is 101 Å². The molecule has 0 heterocycles. The molecule has 0 spiro atoms. The Morgan fingerprint density at radius 2 is 1.88 bits per heavy atom. The van der Waals surface area contributed by atoms with Crippen LogP contribution in [0.5, 0.6) is 0 Å². The Hall–Kier alpha value is -1.54. The fraction of sp³-hybridized carbons (Fsp3) is 0.154. The standard InChI is InChI=1S/C13H14ClNO/c1-9(2)8-10(3)13(16)15-12-6-4-11(14)5-7-12/h4-8H,1H2,2-3H3,(H,15,16)/b10-8+. The van der Waals surface area contributed by atoms with Gasteiger partial charge in [0.1, 0.15) is 0 Å². The van der Waals surface area contributed by atoms with Crippen molar-refractivity contribution in [2.45, 2.75) is 13.8 Å². The van der Waals surface area contributed by atoms with Gasteiger partial charge in [-0.1, -0.05) is 29.8 Å². The topological polar surface area (TPSA) is 29.1 Å². The second-order valence-corrected chi connectivity index (χ2v) is 4.07. The normalized spacial score (nSPS) is 11.1. The van der Waals surface area contributed by atoms with Crippen molar-refractivity contribution in [1.82, 2.24) is 0 Å². The molecule has 0 aliphatic carbocycles. The Bertz CT molecular complexity index is 432. The van der Waals surface area contributed by atoms with Crippen LogP contribution in [0.25, 0.3) is 0 Å². The van der Waals surface area contributed by atoms with Crippen molar-refractivity contribution in [3.05, 3.63) is 53.1 Å². The highest BCUT2D eigenvalue weighted by Gasteiger charge is 2.04. The third-order valence-corrected chi connectivity index (χ3v) is 2.18. The summed E-state index contributed by atoms with van der Waals surface area (Å²) in [5, 5.41) is 3.41.